The molecule has 3 rings (SSSR count). The Hall–Kier alpha value is -2.64. The van der Waals surface area contributed by atoms with Crippen LogP contribution in [0.1, 0.15) is 17.0 Å². The maximum absolute atomic E-state index is 9.43. The smallest absolute Gasteiger partial charge is 0.205 e. The second-order valence-electron chi connectivity index (χ2n) is 4.74. The summed E-state index contributed by atoms with van der Waals surface area (Å²) in [5, 5.41) is 10.0. The van der Waals surface area contributed by atoms with Crippen LogP contribution in [0, 0.1) is 11.3 Å². The van der Waals surface area contributed by atoms with E-state index < -0.39 is 0 Å². The van der Waals surface area contributed by atoms with E-state index in [4.69, 9.17) is 27.8 Å². The molecule has 1 heterocycles. The van der Waals surface area contributed by atoms with Crippen LogP contribution in [0.2, 0.25) is 5.02 Å². The Morgan fingerprint density at radius 2 is 1.86 bits per heavy atom. The third-order valence-corrected chi connectivity index (χ3v) is 3.80. The van der Waals surface area contributed by atoms with Crippen LogP contribution in [-0.4, -0.2) is 0 Å². The van der Waals surface area contributed by atoms with E-state index in [0.717, 1.165) is 11.1 Å². The molecule has 0 saturated heterocycles. The SMILES string of the molecule is N#CC1=C(N)Oc2cc(N)ccc2[C@H]1c1ccccc1Cl. The molecule has 2 aromatic rings. The number of fused-ring (bicyclic) bond motifs is 1. The molecule has 21 heavy (non-hydrogen) atoms. The number of nitriles is 1. The number of nitrogen functional groups attached to an aromatic ring is 1. The molecule has 2 aromatic carbocycles. The van der Waals surface area contributed by atoms with E-state index in [0.29, 0.717) is 22.0 Å². The number of nitrogens with zero attached hydrogens (tertiary/aromatic N) is 1. The molecule has 0 saturated carbocycles. The standard InChI is InChI=1S/C16H12ClN3O/c17-13-4-2-1-3-10(13)15-11-6-5-9(19)7-14(11)21-16(20)12(15)8-18/h1-7,15H,19-20H2/t15-/m1/s1. The first-order valence-corrected chi connectivity index (χ1v) is 6.71. The van der Waals surface area contributed by atoms with E-state index in [-0.39, 0.29) is 11.8 Å². The van der Waals surface area contributed by atoms with Gasteiger partial charge in [0.25, 0.3) is 0 Å². The Balaban J connectivity index is 2.27. The molecule has 0 aliphatic carbocycles. The van der Waals surface area contributed by atoms with Crippen LogP contribution < -0.4 is 16.2 Å². The molecule has 0 radical (unpaired) electrons. The third-order valence-electron chi connectivity index (χ3n) is 3.46. The Bertz CT molecular complexity index is 792. The van der Waals surface area contributed by atoms with E-state index in [9.17, 15) is 5.26 Å². The molecular weight excluding hydrogens is 286 g/mol. The highest BCUT2D eigenvalue weighted by Gasteiger charge is 2.31. The van der Waals surface area contributed by atoms with Crippen molar-refractivity contribution in [3.63, 3.8) is 0 Å². The van der Waals surface area contributed by atoms with Gasteiger partial charge < -0.3 is 16.2 Å². The van der Waals surface area contributed by atoms with E-state index in [2.05, 4.69) is 6.07 Å². The molecule has 0 bridgehead atoms. The number of hydrogen-bond acceptors (Lipinski definition) is 4. The summed E-state index contributed by atoms with van der Waals surface area (Å²) in [5.41, 5.74) is 14.2. The lowest BCUT2D eigenvalue weighted by atomic mass is 9.83. The van der Waals surface area contributed by atoms with Gasteiger partial charge in [0.2, 0.25) is 5.88 Å². The fraction of sp³-hybridized carbons (Fsp3) is 0.0625. The molecule has 104 valence electrons. The predicted octanol–water partition coefficient (Wildman–Crippen LogP) is 3.14. The highest BCUT2D eigenvalue weighted by Crippen LogP contribution is 2.44. The maximum atomic E-state index is 9.43. The molecule has 5 heteroatoms. The third kappa shape index (κ3) is 2.18. The average molecular weight is 298 g/mol. The van der Waals surface area contributed by atoms with Gasteiger partial charge in [-0.25, -0.2) is 0 Å². The van der Waals surface area contributed by atoms with Gasteiger partial charge in [-0.1, -0.05) is 35.9 Å². The zero-order chi connectivity index (χ0) is 15.0. The highest BCUT2D eigenvalue weighted by atomic mass is 35.5. The van der Waals surface area contributed by atoms with Crippen LogP contribution in [0.25, 0.3) is 0 Å². The zero-order valence-corrected chi connectivity index (χ0v) is 11.8. The van der Waals surface area contributed by atoms with Crippen LogP contribution in [0.5, 0.6) is 5.75 Å². The van der Waals surface area contributed by atoms with Crippen LogP contribution in [0.3, 0.4) is 0 Å². The van der Waals surface area contributed by atoms with Crippen molar-refractivity contribution in [1.82, 2.24) is 0 Å². The lowest BCUT2D eigenvalue weighted by molar-refractivity contribution is 0.394. The first-order chi connectivity index (χ1) is 10.1. The van der Waals surface area contributed by atoms with Crippen LogP contribution in [-0.2, 0) is 0 Å². The monoisotopic (exact) mass is 297 g/mol. The summed E-state index contributed by atoms with van der Waals surface area (Å²) in [6.07, 6.45) is 0. The topological polar surface area (TPSA) is 85.1 Å². The minimum atomic E-state index is -0.354. The second kappa shape index (κ2) is 5.04. The Kier molecular flexibility index (Phi) is 3.20. The van der Waals surface area contributed by atoms with Gasteiger partial charge in [-0.05, 0) is 17.7 Å². The molecule has 1 atom stereocenters. The van der Waals surface area contributed by atoms with Gasteiger partial charge >= 0.3 is 0 Å². The van der Waals surface area contributed by atoms with Crippen molar-refractivity contribution < 1.29 is 4.74 Å². The van der Waals surface area contributed by atoms with Gasteiger partial charge in [0.05, 0.1) is 5.92 Å². The number of rotatable bonds is 1. The summed E-state index contributed by atoms with van der Waals surface area (Å²) in [6, 6.07) is 14.8. The van der Waals surface area contributed by atoms with Gasteiger partial charge in [0, 0.05) is 22.3 Å². The number of anilines is 1. The average Bonchev–Trinajstić information content (AvgIpc) is 2.46. The normalized spacial score (nSPS) is 16.9. The zero-order valence-electron chi connectivity index (χ0n) is 11.0. The van der Waals surface area contributed by atoms with Crippen LogP contribution in [0.4, 0.5) is 5.69 Å². The molecule has 0 fully saturated rings. The summed E-state index contributed by atoms with van der Waals surface area (Å²) in [7, 11) is 0. The molecule has 1 aliphatic rings. The van der Waals surface area contributed by atoms with Crippen molar-refractivity contribution in [2.45, 2.75) is 5.92 Å². The minimum Gasteiger partial charge on any atom is -0.440 e. The first kappa shape index (κ1) is 13.3. The van der Waals surface area contributed by atoms with Crippen LogP contribution >= 0.6 is 11.6 Å². The lowest BCUT2D eigenvalue weighted by Crippen LogP contribution is -2.21. The molecule has 0 spiro atoms. The van der Waals surface area contributed by atoms with E-state index in [1.54, 1.807) is 18.2 Å². The predicted molar refractivity (Wildman–Crippen MR) is 81.6 cm³/mol. The maximum Gasteiger partial charge on any atom is 0.205 e. The molecule has 0 unspecified atom stereocenters. The van der Waals surface area contributed by atoms with Crippen molar-refractivity contribution in [2.75, 3.05) is 5.73 Å². The van der Waals surface area contributed by atoms with E-state index >= 15 is 0 Å². The fourth-order valence-electron chi connectivity index (χ4n) is 2.50. The molecule has 4 nitrogen and oxygen atoms in total. The summed E-state index contributed by atoms with van der Waals surface area (Å²) in [5.74, 6) is 0.282. The van der Waals surface area contributed by atoms with Crippen molar-refractivity contribution in [3.05, 3.63) is 70.1 Å². The first-order valence-electron chi connectivity index (χ1n) is 6.33. The van der Waals surface area contributed by atoms with Crippen molar-refractivity contribution in [1.29, 1.82) is 5.26 Å². The van der Waals surface area contributed by atoms with Gasteiger partial charge in [0.15, 0.2) is 0 Å². The highest BCUT2D eigenvalue weighted by molar-refractivity contribution is 6.31. The number of ether oxygens (including phenoxy) is 1. The van der Waals surface area contributed by atoms with Gasteiger partial charge in [-0.2, -0.15) is 5.26 Å². The second-order valence-corrected chi connectivity index (χ2v) is 5.15. The van der Waals surface area contributed by atoms with E-state index in [1.807, 2.05) is 24.3 Å². The summed E-state index contributed by atoms with van der Waals surface area (Å²) in [6.45, 7) is 0. The number of nitrogens with two attached hydrogens (primary N) is 2. The van der Waals surface area contributed by atoms with E-state index in [1.165, 1.54) is 0 Å². The van der Waals surface area contributed by atoms with Gasteiger partial charge in [-0.15, -0.1) is 0 Å². The largest absolute Gasteiger partial charge is 0.440 e. The van der Waals surface area contributed by atoms with Crippen molar-refractivity contribution in [3.8, 4) is 11.8 Å². The van der Waals surface area contributed by atoms with Gasteiger partial charge in [-0.3, -0.25) is 0 Å². The quantitative estimate of drug-likeness (QED) is 0.792. The Morgan fingerprint density at radius 1 is 1.10 bits per heavy atom. The number of benzene rings is 2. The van der Waals surface area contributed by atoms with Crippen molar-refractivity contribution >= 4 is 17.3 Å². The van der Waals surface area contributed by atoms with Gasteiger partial charge in [0.1, 0.15) is 17.4 Å². The summed E-state index contributed by atoms with van der Waals surface area (Å²) in [4.78, 5) is 0. The molecule has 4 N–H and O–H groups in total. The fourth-order valence-corrected chi connectivity index (χ4v) is 2.75. The Morgan fingerprint density at radius 3 is 2.57 bits per heavy atom. The number of halogens is 1. The van der Waals surface area contributed by atoms with Crippen molar-refractivity contribution in [2.24, 2.45) is 5.73 Å². The molecule has 1 aliphatic heterocycles. The Labute approximate surface area is 127 Å². The summed E-state index contributed by atoms with van der Waals surface area (Å²) >= 11 is 6.29. The lowest BCUT2D eigenvalue weighted by Gasteiger charge is -2.27. The molecular formula is C16H12ClN3O. The minimum absolute atomic E-state index is 0.0838. The number of hydrogen-bond donors (Lipinski definition) is 2. The molecule has 0 aromatic heterocycles. The van der Waals surface area contributed by atoms with Crippen LogP contribution in [0.15, 0.2) is 53.9 Å². The summed E-state index contributed by atoms with van der Waals surface area (Å²) < 4.78 is 5.52. The molecule has 0 amide bonds. The number of allylic oxidation sites excluding steroid dienone is 1.